The van der Waals surface area contributed by atoms with Crippen LogP contribution in [0, 0.1) is 0 Å². The standard InChI is InChI=1S/C17H30N2O5S/c1-5-6-9-25(22,23)19-15-10-14(7-8-16(15)21)24-12-13(20)11-18-17(2,3)4/h7-8,10,13,18-21H,5-6,9,11-12H2,1-4H3. The highest BCUT2D eigenvalue weighted by Gasteiger charge is 2.15. The fraction of sp³-hybridized carbons (Fsp3) is 0.647. The van der Waals surface area contributed by atoms with Gasteiger partial charge in [0.05, 0.1) is 11.4 Å². The van der Waals surface area contributed by atoms with Crippen LogP contribution in [-0.4, -0.2) is 49.2 Å². The van der Waals surface area contributed by atoms with E-state index < -0.39 is 16.1 Å². The van der Waals surface area contributed by atoms with Gasteiger partial charge in [-0.3, -0.25) is 4.72 Å². The zero-order valence-corrected chi connectivity index (χ0v) is 16.2. The first-order valence-electron chi connectivity index (χ1n) is 8.42. The van der Waals surface area contributed by atoms with Gasteiger partial charge in [0.25, 0.3) is 0 Å². The third-order valence-electron chi connectivity index (χ3n) is 3.31. The summed E-state index contributed by atoms with van der Waals surface area (Å²) in [5.74, 6) is 0.175. The quantitative estimate of drug-likeness (QED) is 0.467. The highest BCUT2D eigenvalue weighted by atomic mass is 32.2. The molecule has 1 atom stereocenters. The van der Waals surface area contributed by atoms with E-state index >= 15 is 0 Å². The van der Waals surface area contributed by atoms with E-state index in [4.69, 9.17) is 4.74 Å². The highest BCUT2D eigenvalue weighted by molar-refractivity contribution is 7.92. The molecule has 0 aliphatic heterocycles. The maximum atomic E-state index is 12.0. The molecule has 0 saturated heterocycles. The average molecular weight is 375 g/mol. The van der Waals surface area contributed by atoms with Gasteiger partial charge in [-0.15, -0.1) is 0 Å². The number of unbranched alkanes of at least 4 members (excludes halogenated alkanes) is 1. The number of phenols is 1. The zero-order chi connectivity index (χ0) is 19.1. The average Bonchev–Trinajstić information content (AvgIpc) is 2.51. The summed E-state index contributed by atoms with van der Waals surface area (Å²) in [6.07, 6.45) is 0.591. The second kappa shape index (κ2) is 9.26. The number of ether oxygens (including phenoxy) is 1. The molecule has 0 amide bonds. The number of anilines is 1. The number of aromatic hydroxyl groups is 1. The summed E-state index contributed by atoms with van der Waals surface area (Å²) in [5, 5.41) is 22.9. The van der Waals surface area contributed by atoms with Gasteiger partial charge in [0.1, 0.15) is 24.2 Å². The number of phenolic OH excluding ortho intramolecular Hbond substituents is 1. The molecule has 1 aromatic carbocycles. The second-order valence-electron chi connectivity index (χ2n) is 7.05. The van der Waals surface area contributed by atoms with E-state index in [2.05, 4.69) is 10.0 Å². The van der Waals surface area contributed by atoms with Crippen LogP contribution in [0.2, 0.25) is 0 Å². The van der Waals surface area contributed by atoms with Crippen LogP contribution in [0.3, 0.4) is 0 Å². The van der Waals surface area contributed by atoms with Gasteiger partial charge in [-0.1, -0.05) is 13.3 Å². The van der Waals surface area contributed by atoms with Gasteiger partial charge in [0.2, 0.25) is 10.0 Å². The Bertz CT molecular complexity index is 641. The van der Waals surface area contributed by atoms with E-state index in [1.54, 1.807) is 0 Å². The molecule has 1 aromatic rings. The molecule has 0 fully saturated rings. The molecule has 0 aromatic heterocycles. The van der Waals surface area contributed by atoms with E-state index in [0.29, 0.717) is 18.7 Å². The number of nitrogens with one attached hydrogen (secondary N) is 2. The van der Waals surface area contributed by atoms with Crippen LogP contribution < -0.4 is 14.8 Å². The summed E-state index contributed by atoms with van der Waals surface area (Å²) < 4.78 is 31.8. The predicted molar refractivity (Wildman–Crippen MR) is 99.7 cm³/mol. The topological polar surface area (TPSA) is 108 Å². The Morgan fingerprint density at radius 3 is 2.56 bits per heavy atom. The highest BCUT2D eigenvalue weighted by Crippen LogP contribution is 2.29. The Kier molecular flexibility index (Phi) is 7.98. The van der Waals surface area contributed by atoms with Gasteiger partial charge >= 0.3 is 0 Å². The van der Waals surface area contributed by atoms with Gasteiger partial charge in [0, 0.05) is 18.2 Å². The monoisotopic (exact) mass is 374 g/mol. The lowest BCUT2D eigenvalue weighted by atomic mass is 10.1. The van der Waals surface area contributed by atoms with Crippen molar-refractivity contribution in [2.45, 2.75) is 52.2 Å². The molecule has 8 heteroatoms. The van der Waals surface area contributed by atoms with Crippen LogP contribution in [0.1, 0.15) is 40.5 Å². The Balaban J connectivity index is 2.65. The van der Waals surface area contributed by atoms with E-state index in [1.165, 1.54) is 18.2 Å². The van der Waals surface area contributed by atoms with Crippen LogP contribution in [0.5, 0.6) is 11.5 Å². The minimum Gasteiger partial charge on any atom is -0.506 e. The molecule has 1 unspecified atom stereocenters. The van der Waals surface area contributed by atoms with Gasteiger partial charge in [-0.2, -0.15) is 0 Å². The Morgan fingerprint density at radius 2 is 1.96 bits per heavy atom. The number of sulfonamides is 1. The minimum atomic E-state index is -3.52. The first-order chi connectivity index (χ1) is 11.5. The molecule has 7 nitrogen and oxygen atoms in total. The number of rotatable bonds is 10. The van der Waals surface area contributed by atoms with Crippen LogP contribution >= 0.6 is 0 Å². The smallest absolute Gasteiger partial charge is 0.232 e. The van der Waals surface area contributed by atoms with Crippen molar-refractivity contribution < 1.29 is 23.4 Å². The molecule has 4 N–H and O–H groups in total. The molecule has 1 rings (SSSR count). The Labute approximate surface area is 150 Å². The maximum Gasteiger partial charge on any atom is 0.232 e. The van der Waals surface area contributed by atoms with Crippen LogP contribution in [0.4, 0.5) is 5.69 Å². The number of β-amino-alcohol motifs (C(OH)–C–C–N with tert-alkyl or cyclic N) is 1. The fourth-order valence-electron chi connectivity index (χ4n) is 1.91. The molecule has 0 aliphatic rings. The number of hydrogen-bond acceptors (Lipinski definition) is 6. The molecular formula is C17H30N2O5S. The molecule has 25 heavy (non-hydrogen) atoms. The molecule has 0 spiro atoms. The van der Waals surface area contributed by atoms with Crippen molar-refractivity contribution in [3.63, 3.8) is 0 Å². The SMILES string of the molecule is CCCCS(=O)(=O)Nc1cc(OCC(O)CNC(C)(C)C)ccc1O. The minimum absolute atomic E-state index is 0.00872. The number of hydrogen-bond donors (Lipinski definition) is 4. The first kappa shape index (κ1) is 21.5. The fourth-order valence-corrected chi connectivity index (χ4v) is 3.18. The van der Waals surface area contributed by atoms with Gasteiger partial charge in [-0.25, -0.2) is 8.42 Å². The van der Waals surface area contributed by atoms with Crippen molar-refractivity contribution in [3.05, 3.63) is 18.2 Å². The van der Waals surface area contributed by atoms with Crippen molar-refractivity contribution >= 4 is 15.7 Å². The number of aliphatic hydroxyl groups excluding tert-OH is 1. The second-order valence-corrected chi connectivity index (χ2v) is 8.89. The van der Waals surface area contributed by atoms with E-state index in [9.17, 15) is 18.6 Å². The zero-order valence-electron chi connectivity index (χ0n) is 15.4. The predicted octanol–water partition coefficient (Wildman–Crippen LogP) is 2.06. The summed E-state index contributed by atoms with van der Waals surface area (Å²) in [7, 11) is -3.52. The van der Waals surface area contributed by atoms with Crippen molar-refractivity contribution in [3.8, 4) is 11.5 Å². The molecule has 144 valence electrons. The molecule has 0 saturated carbocycles. The summed E-state index contributed by atoms with van der Waals surface area (Å²) in [4.78, 5) is 0. The Hall–Kier alpha value is -1.51. The normalized spacial score (nSPS) is 13.5. The first-order valence-corrected chi connectivity index (χ1v) is 10.1. The van der Waals surface area contributed by atoms with E-state index in [-0.39, 0.29) is 29.3 Å². The van der Waals surface area contributed by atoms with Crippen molar-refractivity contribution in [2.24, 2.45) is 0 Å². The summed E-state index contributed by atoms with van der Waals surface area (Å²) in [6, 6.07) is 4.28. The van der Waals surface area contributed by atoms with Crippen molar-refractivity contribution in [2.75, 3.05) is 23.6 Å². The molecule has 0 aliphatic carbocycles. The summed E-state index contributed by atoms with van der Waals surface area (Å²) in [5.41, 5.74) is -0.0420. The molecule has 0 radical (unpaired) electrons. The lowest BCUT2D eigenvalue weighted by Gasteiger charge is -2.23. The third kappa shape index (κ3) is 8.94. The number of benzene rings is 1. The molecular weight excluding hydrogens is 344 g/mol. The van der Waals surface area contributed by atoms with Gasteiger partial charge in [0.15, 0.2) is 0 Å². The summed E-state index contributed by atoms with van der Waals surface area (Å²) in [6.45, 7) is 8.32. The van der Waals surface area contributed by atoms with E-state index in [0.717, 1.165) is 6.42 Å². The van der Waals surface area contributed by atoms with Crippen LogP contribution in [0.15, 0.2) is 18.2 Å². The Morgan fingerprint density at radius 1 is 1.28 bits per heavy atom. The van der Waals surface area contributed by atoms with E-state index in [1.807, 2.05) is 27.7 Å². The van der Waals surface area contributed by atoms with Gasteiger partial charge in [-0.05, 0) is 39.3 Å². The number of aliphatic hydroxyl groups is 1. The van der Waals surface area contributed by atoms with Crippen LogP contribution in [-0.2, 0) is 10.0 Å². The lowest BCUT2D eigenvalue weighted by molar-refractivity contribution is 0.100. The maximum absolute atomic E-state index is 12.0. The lowest BCUT2D eigenvalue weighted by Crippen LogP contribution is -2.42. The van der Waals surface area contributed by atoms with Crippen molar-refractivity contribution in [1.82, 2.24) is 5.32 Å². The van der Waals surface area contributed by atoms with Crippen LogP contribution in [0.25, 0.3) is 0 Å². The molecule has 0 heterocycles. The van der Waals surface area contributed by atoms with Crippen molar-refractivity contribution in [1.29, 1.82) is 0 Å². The third-order valence-corrected chi connectivity index (χ3v) is 4.67. The largest absolute Gasteiger partial charge is 0.506 e. The van der Waals surface area contributed by atoms with Gasteiger partial charge < -0.3 is 20.3 Å². The summed E-state index contributed by atoms with van der Waals surface area (Å²) >= 11 is 0. The molecule has 0 bridgehead atoms.